The highest BCUT2D eigenvalue weighted by Crippen LogP contribution is 2.41. The molecule has 0 aliphatic carbocycles. The van der Waals surface area contributed by atoms with Gasteiger partial charge in [0, 0.05) is 42.0 Å². The number of benzene rings is 6. The Balaban J connectivity index is 0.985. The van der Waals surface area contributed by atoms with Gasteiger partial charge in [-0.25, -0.2) is 9.78 Å². The maximum Gasteiger partial charge on any atom is 0.315 e. The fourth-order valence-corrected chi connectivity index (χ4v) is 7.76. The normalized spacial score (nSPS) is 16.5. The molecule has 1 fully saturated rings. The van der Waals surface area contributed by atoms with Crippen molar-refractivity contribution in [2.75, 3.05) is 5.75 Å². The molecule has 0 bridgehead atoms. The Hall–Kier alpha value is -5.97. The van der Waals surface area contributed by atoms with Crippen LogP contribution in [0.3, 0.4) is 0 Å². The van der Waals surface area contributed by atoms with Crippen molar-refractivity contribution in [3.63, 3.8) is 0 Å². The molecule has 6 aromatic carbocycles. The Morgan fingerprint density at radius 2 is 1.28 bits per heavy atom. The molecule has 2 heterocycles. The van der Waals surface area contributed by atoms with Crippen LogP contribution in [0.1, 0.15) is 46.6 Å². The molecule has 9 heteroatoms. The zero-order chi connectivity index (χ0) is 38.8. The van der Waals surface area contributed by atoms with Crippen LogP contribution in [0, 0.1) is 0 Å². The SMILES string of the molecule is O=C(NCc1ccccc1)NCc1ccccc1-c1ccc(C2OC(CSc3nc(-c4ccccc4)c(-c4ccccc4)o3)CC(c3ccc(CO)cc3)O2)cc1. The molecule has 8 rings (SSSR count). The lowest BCUT2D eigenvalue weighted by Crippen LogP contribution is -2.34. The van der Waals surface area contributed by atoms with Gasteiger partial charge in [0.25, 0.3) is 5.22 Å². The van der Waals surface area contributed by atoms with Crippen LogP contribution in [-0.2, 0) is 29.2 Å². The first-order chi connectivity index (χ1) is 28.1. The van der Waals surface area contributed by atoms with Gasteiger partial charge in [-0.1, -0.05) is 176 Å². The van der Waals surface area contributed by atoms with Crippen molar-refractivity contribution < 1.29 is 23.8 Å². The number of rotatable bonds is 13. The molecule has 57 heavy (non-hydrogen) atoms. The third kappa shape index (κ3) is 9.53. The number of aliphatic hydroxyl groups excluding tert-OH is 1. The molecule has 1 aromatic heterocycles. The number of amides is 2. The molecular weight excluding hydrogens is 731 g/mol. The molecule has 3 N–H and O–H groups in total. The summed E-state index contributed by atoms with van der Waals surface area (Å²) in [5, 5.41) is 16.2. The van der Waals surface area contributed by atoms with Gasteiger partial charge in [0.05, 0.1) is 18.8 Å². The third-order valence-electron chi connectivity index (χ3n) is 9.94. The van der Waals surface area contributed by atoms with Gasteiger partial charge in [-0.3, -0.25) is 0 Å². The predicted octanol–water partition coefficient (Wildman–Crippen LogP) is 10.5. The van der Waals surface area contributed by atoms with Crippen molar-refractivity contribution in [3.05, 3.63) is 192 Å². The van der Waals surface area contributed by atoms with E-state index in [-0.39, 0.29) is 24.8 Å². The highest BCUT2D eigenvalue weighted by Gasteiger charge is 2.33. The maximum atomic E-state index is 12.6. The summed E-state index contributed by atoms with van der Waals surface area (Å²) in [7, 11) is 0. The number of carbonyl (C=O) groups excluding carboxylic acids is 1. The molecule has 0 saturated carbocycles. The van der Waals surface area contributed by atoms with E-state index in [0.29, 0.717) is 30.5 Å². The lowest BCUT2D eigenvalue weighted by molar-refractivity contribution is -0.245. The summed E-state index contributed by atoms with van der Waals surface area (Å²) in [6.45, 7) is 0.823. The van der Waals surface area contributed by atoms with Gasteiger partial charge in [0.15, 0.2) is 12.1 Å². The average Bonchev–Trinajstić information content (AvgIpc) is 3.72. The molecule has 1 aliphatic heterocycles. The topological polar surface area (TPSA) is 106 Å². The van der Waals surface area contributed by atoms with Crippen molar-refractivity contribution in [2.45, 2.75) is 49.8 Å². The Bertz CT molecular complexity index is 2300. The number of ether oxygens (including phenoxy) is 2. The molecule has 3 unspecified atom stereocenters. The lowest BCUT2D eigenvalue weighted by Gasteiger charge is -2.36. The summed E-state index contributed by atoms with van der Waals surface area (Å²) >= 11 is 1.54. The molecular formula is C48H43N3O5S. The third-order valence-corrected chi connectivity index (χ3v) is 10.9. The van der Waals surface area contributed by atoms with Crippen LogP contribution < -0.4 is 10.6 Å². The minimum Gasteiger partial charge on any atom is -0.431 e. The van der Waals surface area contributed by atoms with E-state index in [4.69, 9.17) is 18.9 Å². The number of nitrogens with zero attached hydrogens (tertiary/aromatic N) is 1. The van der Waals surface area contributed by atoms with Crippen LogP contribution in [-0.4, -0.2) is 28.0 Å². The Morgan fingerprint density at radius 1 is 0.649 bits per heavy atom. The number of nitrogens with one attached hydrogen (secondary N) is 2. The zero-order valence-corrected chi connectivity index (χ0v) is 32.1. The van der Waals surface area contributed by atoms with Gasteiger partial charge in [-0.2, -0.15) is 0 Å². The van der Waals surface area contributed by atoms with Crippen LogP contribution >= 0.6 is 11.8 Å². The second kappa shape index (κ2) is 18.3. The standard InChI is InChI=1S/C48H43N3O5S/c52-31-34-20-22-36(23-21-34)43-28-41(32-57-48-51-44(37-14-6-2-7-15-37)45(56-48)38-16-8-3-9-17-38)54-46(55-43)39-26-24-35(25-27-39)42-19-11-10-18-40(42)30-50-47(53)49-29-33-12-4-1-5-13-33/h1-27,41,43,46,52H,28-32H2,(H2,49,50,53). The first-order valence-electron chi connectivity index (χ1n) is 19.1. The molecule has 286 valence electrons. The molecule has 2 amide bonds. The number of thioether (sulfide) groups is 1. The number of aliphatic hydroxyl groups is 1. The van der Waals surface area contributed by atoms with Gasteiger partial charge < -0.3 is 29.6 Å². The second-order valence-electron chi connectivity index (χ2n) is 13.9. The van der Waals surface area contributed by atoms with Crippen molar-refractivity contribution in [3.8, 4) is 33.7 Å². The first kappa shape index (κ1) is 37.9. The summed E-state index contributed by atoms with van der Waals surface area (Å²) in [4.78, 5) is 17.6. The number of oxazole rings is 1. The van der Waals surface area contributed by atoms with Crippen LogP contribution in [0.25, 0.3) is 33.7 Å². The van der Waals surface area contributed by atoms with Gasteiger partial charge in [-0.05, 0) is 33.4 Å². The van der Waals surface area contributed by atoms with Gasteiger partial charge >= 0.3 is 6.03 Å². The summed E-state index contributed by atoms with van der Waals surface area (Å²) in [5.41, 5.74) is 9.64. The largest absolute Gasteiger partial charge is 0.431 e. The fourth-order valence-electron chi connectivity index (χ4n) is 6.92. The first-order valence-corrected chi connectivity index (χ1v) is 20.1. The minimum absolute atomic E-state index is 0.0180. The predicted molar refractivity (Wildman–Crippen MR) is 224 cm³/mol. The fraction of sp³-hybridized carbons (Fsp3) is 0.167. The maximum absolute atomic E-state index is 12.6. The Morgan fingerprint density at radius 3 is 2.00 bits per heavy atom. The second-order valence-corrected chi connectivity index (χ2v) is 14.8. The van der Waals surface area contributed by atoms with Gasteiger partial charge in [-0.15, -0.1) is 0 Å². The molecule has 0 spiro atoms. The Labute approximate surface area is 336 Å². The highest BCUT2D eigenvalue weighted by atomic mass is 32.2. The number of aromatic nitrogens is 1. The van der Waals surface area contributed by atoms with Crippen LogP contribution in [0.5, 0.6) is 0 Å². The highest BCUT2D eigenvalue weighted by molar-refractivity contribution is 7.99. The Kier molecular flexibility index (Phi) is 12.2. The van der Waals surface area contributed by atoms with Gasteiger partial charge in [0.1, 0.15) is 5.69 Å². The van der Waals surface area contributed by atoms with E-state index in [9.17, 15) is 9.90 Å². The van der Waals surface area contributed by atoms with E-state index >= 15 is 0 Å². The van der Waals surface area contributed by atoms with Crippen molar-refractivity contribution in [1.29, 1.82) is 0 Å². The van der Waals surface area contributed by atoms with Crippen molar-refractivity contribution in [2.24, 2.45) is 0 Å². The zero-order valence-electron chi connectivity index (χ0n) is 31.3. The van der Waals surface area contributed by atoms with Crippen LogP contribution in [0.15, 0.2) is 173 Å². The summed E-state index contributed by atoms with van der Waals surface area (Å²) < 4.78 is 19.8. The van der Waals surface area contributed by atoms with E-state index in [1.54, 1.807) is 0 Å². The monoisotopic (exact) mass is 773 g/mol. The summed E-state index contributed by atoms with van der Waals surface area (Å²) in [5.74, 6) is 1.34. The van der Waals surface area contributed by atoms with Crippen LogP contribution in [0.2, 0.25) is 0 Å². The smallest absolute Gasteiger partial charge is 0.315 e. The van der Waals surface area contributed by atoms with E-state index in [0.717, 1.165) is 61.5 Å². The summed E-state index contributed by atoms with van der Waals surface area (Å²) in [6, 6.07) is 54.0. The van der Waals surface area contributed by atoms with E-state index in [2.05, 4.69) is 28.8 Å². The minimum atomic E-state index is -0.615. The molecule has 8 nitrogen and oxygen atoms in total. The quantitative estimate of drug-likeness (QED) is 0.100. The van der Waals surface area contributed by atoms with Crippen molar-refractivity contribution >= 4 is 17.8 Å². The number of carbonyl (C=O) groups is 1. The number of urea groups is 1. The van der Waals surface area contributed by atoms with Gasteiger partial charge in [0.2, 0.25) is 0 Å². The molecule has 3 atom stereocenters. The van der Waals surface area contributed by atoms with E-state index < -0.39 is 6.29 Å². The average molecular weight is 774 g/mol. The molecule has 1 saturated heterocycles. The van der Waals surface area contributed by atoms with Crippen molar-refractivity contribution in [1.82, 2.24) is 15.6 Å². The lowest BCUT2D eigenvalue weighted by atomic mass is 9.98. The molecule has 7 aromatic rings. The number of hydrogen-bond donors (Lipinski definition) is 3. The molecule has 0 radical (unpaired) electrons. The number of hydrogen-bond acceptors (Lipinski definition) is 7. The van der Waals surface area contributed by atoms with E-state index in [1.807, 2.05) is 146 Å². The molecule has 1 aliphatic rings. The van der Waals surface area contributed by atoms with Crippen LogP contribution in [0.4, 0.5) is 4.79 Å². The summed E-state index contributed by atoms with van der Waals surface area (Å²) in [6.07, 6.45) is -0.388. The van der Waals surface area contributed by atoms with E-state index in [1.165, 1.54) is 11.8 Å².